The topological polar surface area (TPSA) is 82.3 Å². The first-order chi connectivity index (χ1) is 14.0. The van der Waals surface area contributed by atoms with Gasteiger partial charge in [-0.25, -0.2) is 0 Å². The van der Waals surface area contributed by atoms with Gasteiger partial charge in [0.1, 0.15) is 12.3 Å². The molecule has 3 rings (SSSR count). The van der Waals surface area contributed by atoms with Crippen molar-refractivity contribution < 1.29 is 9.53 Å². The summed E-state index contributed by atoms with van der Waals surface area (Å²) in [7, 11) is 0. The van der Waals surface area contributed by atoms with Crippen molar-refractivity contribution >= 4 is 5.91 Å². The van der Waals surface area contributed by atoms with E-state index in [2.05, 4.69) is 5.32 Å². The van der Waals surface area contributed by atoms with Crippen molar-refractivity contribution in [3.63, 3.8) is 0 Å². The number of aromatic nitrogens is 2. The summed E-state index contributed by atoms with van der Waals surface area (Å²) in [6.07, 6.45) is 2.90. The van der Waals surface area contributed by atoms with Gasteiger partial charge in [0.15, 0.2) is 0 Å². The van der Waals surface area contributed by atoms with Crippen molar-refractivity contribution in [3.8, 4) is 11.4 Å². The summed E-state index contributed by atoms with van der Waals surface area (Å²) in [6.45, 7) is 3.90. The van der Waals surface area contributed by atoms with Crippen LogP contribution in [0.1, 0.15) is 25.5 Å². The number of nitrogens with zero attached hydrogens (tertiary/aromatic N) is 2. The number of benzene rings is 2. The number of rotatable bonds is 7. The molecule has 1 atom stereocenters. The fourth-order valence-electron chi connectivity index (χ4n) is 3.02. The highest BCUT2D eigenvalue weighted by molar-refractivity contribution is 5.76. The minimum atomic E-state index is -0.777. The maximum Gasteiger partial charge on any atom is 0.321 e. The van der Waals surface area contributed by atoms with Gasteiger partial charge in [-0.3, -0.25) is 23.5 Å². The Bertz CT molecular complexity index is 1100. The maximum absolute atomic E-state index is 12.6. The van der Waals surface area contributed by atoms with Crippen LogP contribution < -0.4 is 21.2 Å². The summed E-state index contributed by atoms with van der Waals surface area (Å²) < 4.78 is 7.87. The molecule has 1 heterocycles. The first-order valence-electron chi connectivity index (χ1n) is 9.40. The molecule has 3 aromatic rings. The molecule has 0 fully saturated rings. The molecule has 1 N–H and O–H groups in total. The van der Waals surface area contributed by atoms with Gasteiger partial charge in [0.25, 0.3) is 0 Å². The third-order valence-electron chi connectivity index (χ3n) is 4.47. The Hall–Kier alpha value is -3.61. The first-order valence-corrected chi connectivity index (χ1v) is 9.40. The van der Waals surface area contributed by atoms with Crippen molar-refractivity contribution in [1.82, 2.24) is 14.5 Å². The SMILES string of the molecule is CCOc1ccccc1-n1ccn(CC(=O)N[C@H](C)c2ccccc2)c(=O)c1=O. The number of hydrogen-bond acceptors (Lipinski definition) is 4. The molecule has 0 aliphatic heterocycles. The van der Waals surface area contributed by atoms with E-state index in [0.717, 1.165) is 10.1 Å². The zero-order valence-electron chi connectivity index (χ0n) is 16.4. The Kier molecular flexibility index (Phi) is 6.29. The van der Waals surface area contributed by atoms with Gasteiger partial charge in [-0.1, -0.05) is 42.5 Å². The molecule has 0 aliphatic carbocycles. The molecule has 29 heavy (non-hydrogen) atoms. The standard InChI is InChI=1S/C22H23N3O4/c1-3-29-19-12-8-7-11-18(19)25-14-13-24(21(27)22(25)28)15-20(26)23-16(2)17-9-5-4-6-10-17/h4-14,16H,3,15H2,1-2H3,(H,23,26)/t16-/m1/s1. The molecule has 2 aromatic carbocycles. The summed E-state index contributed by atoms with van der Waals surface area (Å²) in [5.74, 6) is 0.152. The summed E-state index contributed by atoms with van der Waals surface area (Å²) in [6, 6.07) is 16.3. The predicted octanol–water partition coefficient (Wildman–Crippen LogP) is 2.28. The Morgan fingerprint density at radius 3 is 2.41 bits per heavy atom. The van der Waals surface area contributed by atoms with Crippen LogP contribution in [0, 0.1) is 0 Å². The Labute approximate surface area is 168 Å². The van der Waals surface area contributed by atoms with Gasteiger partial charge < -0.3 is 10.1 Å². The second-order valence-corrected chi connectivity index (χ2v) is 6.51. The monoisotopic (exact) mass is 393 g/mol. The van der Waals surface area contributed by atoms with Crippen LogP contribution >= 0.6 is 0 Å². The minimum Gasteiger partial charge on any atom is -0.492 e. The molecule has 150 valence electrons. The fourth-order valence-corrected chi connectivity index (χ4v) is 3.02. The summed E-state index contributed by atoms with van der Waals surface area (Å²) >= 11 is 0. The van der Waals surface area contributed by atoms with Crippen LogP contribution in [0.3, 0.4) is 0 Å². The van der Waals surface area contributed by atoms with Crippen LogP contribution in [0.2, 0.25) is 0 Å². The lowest BCUT2D eigenvalue weighted by Gasteiger charge is -2.15. The predicted molar refractivity (Wildman–Crippen MR) is 110 cm³/mol. The molecule has 0 bridgehead atoms. The molecular formula is C22H23N3O4. The summed E-state index contributed by atoms with van der Waals surface area (Å²) in [4.78, 5) is 37.5. The largest absolute Gasteiger partial charge is 0.492 e. The Balaban J connectivity index is 1.81. The van der Waals surface area contributed by atoms with Crippen LogP contribution in [-0.2, 0) is 11.3 Å². The highest BCUT2D eigenvalue weighted by Gasteiger charge is 2.14. The molecular weight excluding hydrogens is 370 g/mol. The molecule has 7 nitrogen and oxygen atoms in total. The van der Waals surface area contributed by atoms with E-state index < -0.39 is 11.1 Å². The van der Waals surface area contributed by atoms with Gasteiger partial charge in [0.2, 0.25) is 5.91 Å². The second kappa shape index (κ2) is 9.05. The fraction of sp³-hybridized carbons (Fsp3) is 0.227. The van der Waals surface area contributed by atoms with Crippen LogP contribution in [0.25, 0.3) is 5.69 Å². The molecule has 0 saturated heterocycles. The quantitative estimate of drug-likeness (QED) is 0.625. The Morgan fingerprint density at radius 1 is 1.00 bits per heavy atom. The minimum absolute atomic E-state index is 0.210. The van der Waals surface area contributed by atoms with Crippen molar-refractivity contribution in [2.45, 2.75) is 26.4 Å². The van der Waals surface area contributed by atoms with Crippen LogP contribution in [0.15, 0.2) is 76.6 Å². The zero-order chi connectivity index (χ0) is 20.8. The zero-order valence-corrected chi connectivity index (χ0v) is 16.4. The van der Waals surface area contributed by atoms with E-state index in [4.69, 9.17) is 4.74 Å². The van der Waals surface area contributed by atoms with Crippen molar-refractivity contribution in [3.05, 3.63) is 93.3 Å². The van der Waals surface area contributed by atoms with E-state index in [1.54, 1.807) is 24.3 Å². The third-order valence-corrected chi connectivity index (χ3v) is 4.47. The van der Waals surface area contributed by atoms with Gasteiger partial charge in [-0.05, 0) is 31.5 Å². The molecule has 7 heteroatoms. The van der Waals surface area contributed by atoms with E-state index in [0.29, 0.717) is 18.0 Å². The average Bonchev–Trinajstić information content (AvgIpc) is 2.73. The smallest absolute Gasteiger partial charge is 0.321 e. The highest BCUT2D eigenvalue weighted by Crippen LogP contribution is 2.20. The number of hydrogen-bond donors (Lipinski definition) is 1. The second-order valence-electron chi connectivity index (χ2n) is 6.51. The number of carbonyl (C=O) groups excluding carboxylic acids is 1. The van der Waals surface area contributed by atoms with Gasteiger partial charge in [0.05, 0.1) is 18.3 Å². The van der Waals surface area contributed by atoms with Crippen LogP contribution in [0.5, 0.6) is 5.75 Å². The first kappa shape index (κ1) is 20.1. The van der Waals surface area contributed by atoms with E-state index in [9.17, 15) is 14.4 Å². The van der Waals surface area contributed by atoms with E-state index >= 15 is 0 Å². The van der Waals surface area contributed by atoms with Crippen molar-refractivity contribution in [2.24, 2.45) is 0 Å². The number of ether oxygens (including phenoxy) is 1. The highest BCUT2D eigenvalue weighted by atomic mass is 16.5. The Morgan fingerprint density at radius 2 is 1.69 bits per heavy atom. The summed E-state index contributed by atoms with van der Waals surface area (Å²) in [5, 5.41) is 2.84. The van der Waals surface area contributed by atoms with Crippen LogP contribution in [0.4, 0.5) is 0 Å². The molecule has 0 unspecified atom stereocenters. The normalized spacial score (nSPS) is 11.7. The van der Waals surface area contributed by atoms with Crippen molar-refractivity contribution in [2.75, 3.05) is 6.61 Å². The molecule has 1 amide bonds. The van der Waals surface area contributed by atoms with Gasteiger partial charge in [-0.15, -0.1) is 0 Å². The number of carbonyl (C=O) groups is 1. The third kappa shape index (κ3) is 4.63. The molecule has 0 spiro atoms. The van der Waals surface area contributed by atoms with Gasteiger partial charge in [-0.2, -0.15) is 0 Å². The van der Waals surface area contributed by atoms with E-state index in [1.165, 1.54) is 17.0 Å². The lowest BCUT2D eigenvalue weighted by atomic mass is 10.1. The molecule has 0 saturated carbocycles. The maximum atomic E-state index is 12.6. The number of para-hydroxylation sites is 2. The van der Waals surface area contributed by atoms with Gasteiger partial charge >= 0.3 is 11.1 Å². The van der Waals surface area contributed by atoms with E-state index in [1.807, 2.05) is 44.2 Å². The molecule has 0 radical (unpaired) electrons. The lowest BCUT2D eigenvalue weighted by molar-refractivity contribution is -0.122. The number of nitrogens with one attached hydrogen (secondary N) is 1. The molecule has 1 aromatic heterocycles. The average molecular weight is 393 g/mol. The van der Waals surface area contributed by atoms with Crippen LogP contribution in [-0.4, -0.2) is 21.6 Å². The number of amides is 1. The van der Waals surface area contributed by atoms with Crippen molar-refractivity contribution in [1.29, 1.82) is 0 Å². The summed E-state index contributed by atoms with van der Waals surface area (Å²) in [5.41, 5.74) is -0.0910. The van der Waals surface area contributed by atoms with E-state index in [-0.39, 0.29) is 18.5 Å². The lowest BCUT2D eigenvalue weighted by Crippen LogP contribution is -2.42. The molecule has 0 aliphatic rings. The van der Waals surface area contributed by atoms with Gasteiger partial charge in [0, 0.05) is 12.4 Å².